The summed E-state index contributed by atoms with van der Waals surface area (Å²) in [5, 5.41) is 8.94. The van der Waals surface area contributed by atoms with E-state index in [1.807, 2.05) is 20.8 Å². The average Bonchev–Trinajstić information content (AvgIpc) is 2.79. The van der Waals surface area contributed by atoms with Crippen LogP contribution in [-0.4, -0.2) is 22.6 Å². The quantitative estimate of drug-likeness (QED) is 0.167. The van der Waals surface area contributed by atoms with Crippen LogP contribution in [0.25, 0.3) is 0 Å². The molecule has 36 heavy (non-hydrogen) atoms. The fraction of sp³-hybridized carbons (Fsp3) is 0.742. The Morgan fingerprint density at radius 1 is 0.889 bits per heavy atom. The molecule has 3 atom stereocenters. The lowest BCUT2D eigenvalue weighted by Gasteiger charge is -2.38. The van der Waals surface area contributed by atoms with Gasteiger partial charge in [0.15, 0.2) is 0 Å². The van der Waals surface area contributed by atoms with E-state index < -0.39 is 11.9 Å². The fourth-order valence-electron chi connectivity index (χ4n) is 5.55. The number of fused-ring (bicyclic) bond motifs is 1. The molecule has 0 fully saturated rings. The molecule has 2 rings (SSSR count). The predicted molar refractivity (Wildman–Crippen MR) is 146 cm³/mol. The van der Waals surface area contributed by atoms with Gasteiger partial charge in [0.25, 0.3) is 0 Å². The van der Waals surface area contributed by atoms with Crippen molar-refractivity contribution in [2.24, 2.45) is 17.8 Å². The van der Waals surface area contributed by atoms with Crippen LogP contribution in [0.4, 0.5) is 0 Å². The zero-order valence-electron chi connectivity index (χ0n) is 24.1. The third-order valence-corrected chi connectivity index (χ3v) is 8.21. The van der Waals surface area contributed by atoms with Crippen molar-refractivity contribution in [3.63, 3.8) is 0 Å². The molecule has 0 saturated heterocycles. The van der Waals surface area contributed by atoms with Crippen LogP contribution in [0.3, 0.4) is 0 Å². The van der Waals surface area contributed by atoms with Gasteiger partial charge in [0.1, 0.15) is 17.1 Å². The summed E-state index contributed by atoms with van der Waals surface area (Å²) < 4.78 is 11.8. The van der Waals surface area contributed by atoms with Crippen LogP contribution >= 0.6 is 0 Å². The number of esters is 1. The predicted octanol–water partition coefficient (Wildman–Crippen LogP) is 8.12. The third kappa shape index (κ3) is 8.52. The molecule has 0 spiro atoms. The third-order valence-electron chi connectivity index (χ3n) is 8.21. The summed E-state index contributed by atoms with van der Waals surface area (Å²) in [5.74, 6) is 0.801. The molecule has 1 aromatic carbocycles. The molecule has 5 nitrogen and oxygen atoms in total. The van der Waals surface area contributed by atoms with Crippen LogP contribution in [0.1, 0.15) is 121 Å². The second-order valence-corrected chi connectivity index (χ2v) is 12.1. The van der Waals surface area contributed by atoms with Gasteiger partial charge < -0.3 is 14.6 Å². The SMILES string of the molecule is Cc1c(C)c2c(c(C)c1OC(=O)C(=O)O)CCC(C)(CCCC(C)CCCC(C)CCCC(C)C)O2. The number of carboxylic acids is 1. The van der Waals surface area contributed by atoms with Crippen molar-refractivity contribution in [3.05, 3.63) is 22.3 Å². The highest BCUT2D eigenvalue weighted by Gasteiger charge is 2.35. The maximum Gasteiger partial charge on any atom is 0.422 e. The molecule has 3 unspecified atom stereocenters. The highest BCUT2D eigenvalue weighted by atomic mass is 16.6. The van der Waals surface area contributed by atoms with E-state index in [0.29, 0.717) is 5.75 Å². The van der Waals surface area contributed by atoms with Crippen molar-refractivity contribution in [1.82, 2.24) is 0 Å². The van der Waals surface area contributed by atoms with E-state index in [1.54, 1.807) is 0 Å². The largest absolute Gasteiger partial charge is 0.487 e. The van der Waals surface area contributed by atoms with Crippen molar-refractivity contribution >= 4 is 11.9 Å². The first kappa shape index (κ1) is 30.2. The lowest BCUT2D eigenvalue weighted by atomic mass is 9.83. The molecule has 1 N–H and O–H groups in total. The Morgan fingerprint density at radius 2 is 1.44 bits per heavy atom. The van der Waals surface area contributed by atoms with Gasteiger partial charge in [-0.25, -0.2) is 9.59 Å². The Morgan fingerprint density at radius 3 is 2.00 bits per heavy atom. The molecule has 0 radical (unpaired) electrons. The fourth-order valence-corrected chi connectivity index (χ4v) is 5.55. The van der Waals surface area contributed by atoms with Crippen molar-refractivity contribution in [1.29, 1.82) is 0 Å². The summed E-state index contributed by atoms with van der Waals surface area (Å²) in [6, 6.07) is 0. The van der Waals surface area contributed by atoms with Crippen molar-refractivity contribution in [3.8, 4) is 11.5 Å². The Kier molecular flexibility index (Phi) is 11.3. The van der Waals surface area contributed by atoms with Gasteiger partial charge >= 0.3 is 11.9 Å². The molecule has 0 aromatic heterocycles. The van der Waals surface area contributed by atoms with Crippen LogP contribution in [0.5, 0.6) is 11.5 Å². The summed E-state index contributed by atoms with van der Waals surface area (Å²) in [5.41, 5.74) is 3.31. The van der Waals surface area contributed by atoms with Gasteiger partial charge in [0.2, 0.25) is 0 Å². The van der Waals surface area contributed by atoms with Gasteiger partial charge in [-0.1, -0.05) is 72.6 Å². The van der Waals surface area contributed by atoms with E-state index in [2.05, 4.69) is 34.6 Å². The minimum Gasteiger partial charge on any atom is -0.487 e. The number of hydrogen-bond acceptors (Lipinski definition) is 4. The Labute approximate surface area is 219 Å². The second kappa shape index (κ2) is 13.5. The zero-order chi connectivity index (χ0) is 27.0. The zero-order valence-corrected chi connectivity index (χ0v) is 24.1. The molecule has 5 heteroatoms. The molecule has 1 heterocycles. The van der Waals surface area contributed by atoms with Crippen LogP contribution in [0, 0.1) is 38.5 Å². The minimum absolute atomic E-state index is 0.208. The smallest absolute Gasteiger partial charge is 0.422 e. The molecule has 0 aliphatic carbocycles. The Balaban J connectivity index is 1.87. The molecular weight excluding hydrogens is 452 g/mol. The van der Waals surface area contributed by atoms with Crippen LogP contribution in [0.2, 0.25) is 0 Å². The van der Waals surface area contributed by atoms with Crippen molar-refractivity contribution < 1.29 is 24.2 Å². The molecule has 0 amide bonds. The van der Waals surface area contributed by atoms with Crippen LogP contribution in [-0.2, 0) is 16.0 Å². The summed E-state index contributed by atoms with van der Waals surface area (Å²) >= 11 is 0. The number of carbonyl (C=O) groups is 2. The van der Waals surface area contributed by atoms with E-state index in [4.69, 9.17) is 14.6 Å². The molecule has 1 aliphatic rings. The molecule has 1 aromatic rings. The summed E-state index contributed by atoms with van der Waals surface area (Å²) in [6.07, 6.45) is 13.2. The number of rotatable bonds is 13. The van der Waals surface area contributed by atoms with Gasteiger partial charge in [-0.3, -0.25) is 0 Å². The minimum atomic E-state index is -1.58. The number of carboxylic acid groups (broad SMARTS) is 1. The average molecular weight is 503 g/mol. The normalized spacial score (nSPS) is 18.9. The van der Waals surface area contributed by atoms with Crippen LogP contribution in [0.15, 0.2) is 0 Å². The van der Waals surface area contributed by atoms with Crippen molar-refractivity contribution in [2.75, 3.05) is 0 Å². The van der Waals surface area contributed by atoms with E-state index in [-0.39, 0.29) is 5.60 Å². The number of hydrogen-bond donors (Lipinski definition) is 1. The lowest BCUT2D eigenvalue weighted by Crippen LogP contribution is -2.37. The first-order valence-corrected chi connectivity index (χ1v) is 14.1. The number of ether oxygens (including phenoxy) is 2. The molecule has 204 valence electrons. The van der Waals surface area contributed by atoms with Gasteiger partial charge in [-0.2, -0.15) is 0 Å². The summed E-state index contributed by atoms with van der Waals surface area (Å²) in [7, 11) is 0. The summed E-state index contributed by atoms with van der Waals surface area (Å²) in [4.78, 5) is 22.7. The van der Waals surface area contributed by atoms with E-state index in [9.17, 15) is 9.59 Å². The molecular formula is C31H50O5. The highest BCUT2D eigenvalue weighted by Crippen LogP contribution is 2.45. The van der Waals surface area contributed by atoms with Gasteiger partial charge in [0, 0.05) is 5.56 Å². The highest BCUT2D eigenvalue weighted by molar-refractivity contribution is 6.29. The molecule has 0 bridgehead atoms. The topological polar surface area (TPSA) is 72.8 Å². The first-order chi connectivity index (χ1) is 16.8. The van der Waals surface area contributed by atoms with Crippen LogP contribution < -0.4 is 9.47 Å². The monoisotopic (exact) mass is 502 g/mol. The Bertz CT molecular complexity index is 903. The van der Waals surface area contributed by atoms with Gasteiger partial charge in [0.05, 0.1) is 0 Å². The lowest BCUT2D eigenvalue weighted by molar-refractivity contribution is -0.158. The van der Waals surface area contributed by atoms with Crippen molar-refractivity contribution in [2.45, 2.75) is 132 Å². The maximum absolute atomic E-state index is 11.7. The molecule has 0 saturated carbocycles. The van der Waals surface area contributed by atoms with Gasteiger partial charge in [-0.15, -0.1) is 0 Å². The van der Waals surface area contributed by atoms with E-state index in [1.165, 1.54) is 44.9 Å². The van der Waals surface area contributed by atoms with E-state index in [0.717, 1.165) is 71.4 Å². The number of aliphatic carboxylic acids is 1. The Hall–Kier alpha value is -2.04. The standard InChI is InChI=1S/C31H50O5/c1-20(2)12-9-13-21(3)14-10-15-22(4)16-11-18-31(8)19-17-26-25(7)27(35-30(34)29(32)33)23(5)24(6)28(26)36-31/h20-22H,9-19H2,1-8H3,(H,32,33). The van der Waals surface area contributed by atoms with Gasteiger partial charge in [-0.05, 0) is 87.8 Å². The summed E-state index contributed by atoms with van der Waals surface area (Å²) in [6.45, 7) is 17.3. The number of benzene rings is 1. The molecule has 1 aliphatic heterocycles. The first-order valence-electron chi connectivity index (χ1n) is 14.1. The number of carbonyl (C=O) groups excluding carboxylic acids is 1. The second-order valence-electron chi connectivity index (χ2n) is 12.1. The van der Waals surface area contributed by atoms with E-state index >= 15 is 0 Å². The maximum atomic E-state index is 11.7.